The Morgan fingerprint density at radius 3 is 2.62 bits per heavy atom. The maximum atomic E-state index is 12.3. The van der Waals surface area contributed by atoms with Gasteiger partial charge < -0.3 is 14.4 Å². The fraction of sp³-hybridized carbons (Fsp3) is 0.167. The Kier molecular flexibility index (Phi) is 4.12. The molecule has 21 heavy (non-hydrogen) atoms. The van der Waals surface area contributed by atoms with Gasteiger partial charge in [-0.2, -0.15) is 12.6 Å². The number of aromatic carboxylic acids is 1. The Labute approximate surface area is 121 Å². The molecule has 0 aliphatic carbocycles. The fourth-order valence-corrected chi connectivity index (χ4v) is 1.93. The van der Waals surface area contributed by atoms with Crippen LogP contribution < -0.4 is 4.74 Å². The van der Waals surface area contributed by atoms with Crippen molar-refractivity contribution >= 4 is 18.6 Å². The molecule has 5 nitrogen and oxygen atoms in total. The van der Waals surface area contributed by atoms with Crippen molar-refractivity contribution in [1.29, 1.82) is 0 Å². The number of ether oxygens (including phenoxy) is 1. The van der Waals surface area contributed by atoms with E-state index in [9.17, 15) is 18.0 Å². The molecule has 0 spiro atoms. The lowest BCUT2D eigenvalue weighted by Gasteiger charge is -2.15. The highest BCUT2D eigenvalue weighted by molar-refractivity contribution is 7.80. The maximum Gasteiger partial charge on any atom is 0.573 e. The van der Waals surface area contributed by atoms with Crippen molar-refractivity contribution in [1.82, 2.24) is 5.16 Å². The van der Waals surface area contributed by atoms with E-state index in [4.69, 9.17) is 9.63 Å². The molecule has 1 aromatic carbocycles. The molecule has 0 amide bonds. The highest BCUT2D eigenvalue weighted by atomic mass is 32.1. The van der Waals surface area contributed by atoms with Crippen molar-refractivity contribution in [2.75, 3.05) is 0 Å². The van der Waals surface area contributed by atoms with Gasteiger partial charge in [0.05, 0.1) is 5.25 Å². The molecule has 1 heterocycles. The average Bonchev–Trinajstić information content (AvgIpc) is 2.86. The number of carboxylic acid groups (broad SMARTS) is 1. The number of thiol groups is 1. The molecule has 0 saturated heterocycles. The first-order valence-electron chi connectivity index (χ1n) is 5.50. The van der Waals surface area contributed by atoms with Crippen molar-refractivity contribution in [2.24, 2.45) is 0 Å². The summed E-state index contributed by atoms with van der Waals surface area (Å²) in [5.41, 5.74) is -0.287. The summed E-state index contributed by atoms with van der Waals surface area (Å²) in [5, 5.41) is 11.1. The van der Waals surface area contributed by atoms with Gasteiger partial charge in [0.15, 0.2) is 11.5 Å². The second-order valence-corrected chi connectivity index (χ2v) is 4.42. The predicted octanol–water partition coefficient (Wildman–Crippen LogP) is 3.29. The Morgan fingerprint density at radius 1 is 1.38 bits per heavy atom. The molecule has 1 aromatic heterocycles. The van der Waals surface area contributed by atoms with Crippen LogP contribution in [0.3, 0.4) is 0 Å². The van der Waals surface area contributed by atoms with Crippen LogP contribution in [-0.2, 0) is 0 Å². The van der Waals surface area contributed by atoms with Crippen LogP contribution in [0.1, 0.15) is 27.1 Å². The zero-order valence-electron chi connectivity index (χ0n) is 10.2. The minimum Gasteiger partial charge on any atom is -0.476 e. The number of para-hydroxylation sites is 1. The molecule has 0 saturated carbocycles. The number of rotatable bonds is 4. The lowest BCUT2D eigenvalue weighted by Crippen LogP contribution is -2.18. The van der Waals surface area contributed by atoms with E-state index in [2.05, 4.69) is 22.5 Å². The lowest BCUT2D eigenvalue weighted by atomic mass is 10.1. The van der Waals surface area contributed by atoms with E-state index >= 15 is 0 Å². The molecule has 2 aromatic rings. The molecule has 0 aliphatic rings. The van der Waals surface area contributed by atoms with Crippen LogP contribution in [0.2, 0.25) is 0 Å². The Hall–Kier alpha value is -2.16. The van der Waals surface area contributed by atoms with Crippen LogP contribution in [0.25, 0.3) is 0 Å². The summed E-state index contributed by atoms with van der Waals surface area (Å²) >= 11 is 4.14. The molecular weight excluding hydrogens is 311 g/mol. The fourth-order valence-electron chi connectivity index (χ4n) is 1.60. The zero-order valence-corrected chi connectivity index (χ0v) is 11.1. The number of carbonyl (C=O) groups is 1. The highest BCUT2D eigenvalue weighted by Crippen LogP contribution is 2.37. The number of carboxylic acids is 1. The topological polar surface area (TPSA) is 72.6 Å². The van der Waals surface area contributed by atoms with Crippen LogP contribution in [-0.4, -0.2) is 22.6 Å². The molecule has 1 N–H and O–H groups in total. The SMILES string of the molecule is O=C(O)c1cc(C(S)c2ccccc2OC(F)(F)F)on1. The third-order valence-electron chi connectivity index (χ3n) is 2.46. The minimum atomic E-state index is -4.85. The van der Waals surface area contributed by atoms with Gasteiger partial charge in [0, 0.05) is 11.6 Å². The summed E-state index contributed by atoms with van der Waals surface area (Å²) in [6.07, 6.45) is -4.85. The van der Waals surface area contributed by atoms with Gasteiger partial charge in [0.25, 0.3) is 0 Å². The van der Waals surface area contributed by atoms with Crippen molar-refractivity contribution in [3.63, 3.8) is 0 Å². The van der Waals surface area contributed by atoms with E-state index in [0.29, 0.717) is 0 Å². The number of benzene rings is 1. The predicted molar refractivity (Wildman–Crippen MR) is 67.4 cm³/mol. The number of nitrogens with zero attached hydrogens (tertiary/aromatic N) is 1. The van der Waals surface area contributed by atoms with Crippen LogP contribution in [0.15, 0.2) is 34.9 Å². The maximum absolute atomic E-state index is 12.3. The van der Waals surface area contributed by atoms with E-state index in [-0.39, 0.29) is 17.0 Å². The molecule has 0 fully saturated rings. The molecule has 0 aliphatic heterocycles. The van der Waals surface area contributed by atoms with Crippen molar-refractivity contribution < 1.29 is 32.3 Å². The zero-order chi connectivity index (χ0) is 15.6. The van der Waals surface area contributed by atoms with Crippen LogP contribution in [0, 0.1) is 0 Å². The molecule has 9 heteroatoms. The smallest absolute Gasteiger partial charge is 0.476 e. The summed E-state index contributed by atoms with van der Waals surface area (Å²) in [6.45, 7) is 0. The van der Waals surface area contributed by atoms with Gasteiger partial charge in [-0.25, -0.2) is 4.79 Å². The Bertz CT molecular complexity index is 656. The van der Waals surface area contributed by atoms with Crippen LogP contribution in [0.4, 0.5) is 13.2 Å². The molecule has 112 valence electrons. The highest BCUT2D eigenvalue weighted by Gasteiger charge is 2.33. The normalized spacial score (nSPS) is 13.0. The quantitative estimate of drug-likeness (QED) is 0.846. The van der Waals surface area contributed by atoms with Crippen molar-refractivity contribution in [3.05, 3.63) is 47.3 Å². The van der Waals surface area contributed by atoms with Gasteiger partial charge in [0.1, 0.15) is 5.75 Å². The second kappa shape index (κ2) is 5.68. The summed E-state index contributed by atoms with van der Waals surface area (Å²) in [6, 6.07) is 6.44. The van der Waals surface area contributed by atoms with E-state index < -0.39 is 23.3 Å². The molecule has 2 rings (SSSR count). The van der Waals surface area contributed by atoms with Gasteiger partial charge in [-0.15, -0.1) is 13.2 Å². The summed E-state index contributed by atoms with van der Waals surface area (Å²) in [7, 11) is 0. The van der Waals surface area contributed by atoms with Gasteiger partial charge in [0.2, 0.25) is 0 Å². The largest absolute Gasteiger partial charge is 0.573 e. The first-order chi connectivity index (χ1) is 9.78. The molecule has 1 atom stereocenters. The van der Waals surface area contributed by atoms with Crippen molar-refractivity contribution in [2.45, 2.75) is 11.6 Å². The van der Waals surface area contributed by atoms with E-state index in [1.807, 2.05) is 0 Å². The number of hydrogen-bond acceptors (Lipinski definition) is 5. The summed E-state index contributed by atoms with van der Waals surface area (Å²) < 4.78 is 45.7. The Morgan fingerprint density at radius 2 is 2.05 bits per heavy atom. The van der Waals surface area contributed by atoms with E-state index in [0.717, 1.165) is 12.1 Å². The summed E-state index contributed by atoms with van der Waals surface area (Å²) in [4.78, 5) is 10.7. The van der Waals surface area contributed by atoms with Crippen LogP contribution >= 0.6 is 12.6 Å². The monoisotopic (exact) mass is 319 g/mol. The standard InChI is InChI=1S/C12H8F3NO4S/c13-12(14,15)19-8-4-2-1-3-6(8)10(21)9-5-7(11(17)18)16-20-9/h1-5,10,21H,(H,17,18). The number of halogens is 3. The lowest BCUT2D eigenvalue weighted by molar-refractivity contribution is -0.274. The third-order valence-corrected chi connectivity index (χ3v) is 2.99. The first kappa shape index (κ1) is 15.2. The van der Waals surface area contributed by atoms with Gasteiger partial charge in [-0.3, -0.25) is 0 Å². The minimum absolute atomic E-state index is 0.00559. The molecule has 1 unspecified atom stereocenters. The van der Waals surface area contributed by atoms with Gasteiger partial charge >= 0.3 is 12.3 Å². The van der Waals surface area contributed by atoms with E-state index in [1.165, 1.54) is 18.2 Å². The number of alkyl halides is 3. The second-order valence-electron chi connectivity index (χ2n) is 3.91. The van der Waals surface area contributed by atoms with Crippen LogP contribution in [0.5, 0.6) is 5.75 Å². The number of hydrogen-bond donors (Lipinski definition) is 2. The third kappa shape index (κ3) is 3.69. The first-order valence-corrected chi connectivity index (χ1v) is 6.02. The average molecular weight is 319 g/mol. The van der Waals surface area contributed by atoms with Gasteiger partial charge in [-0.1, -0.05) is 23.4 Å². The number of aromatic nitrogens is 1. The molecular formula is C12H8F3NO4S. The molecule has 0 bridgehead atoms. The molecule has 0 radical (unpaired) electrons. The van der Waals surface area contributed by atoms with E-state index in [1.54, 1.807) is 0 Å². The Balaban J connectivity index is 2.34. The van der Waals surface area contributed by atoms with Crippen molar-refractivity contribution in [3.8, 4) is 5.75 Å². The van der Waals surface area contributed by atoms with Gasteiger partial charge in [-0.05, 0) is 6.07 Å². The summed E-state index contributed by atoms with van der Waals surface area (Å²) in [5.74, 6) is -1.77.